The maximum absolute atomic E-state index is 12.4. The van der Waals surface area contributed by atoms with Gasteiger partial charge in [-0.05, 0) is 48.5 Å². The lowest BCUT2D eigenvalue weighted by atomic mass is 10.1. The van der Waals surface area contributed by atoms with E-state index in [0.717, 1.165) is 4.90 Å². The fourth-order valence-electron chi connectivity index (χ4n) is 3.13. The van der Waals surface area contributed by atoms with Crippen LogP contribution in [0.25, 0.3) is 11.3 Å². The number of aromatic nitrogens is 1. The highest BCUT2D eigenvalue weighted by molar-refractivity contribution is 8.00. The van der Waals surface area contributed by atoms with Gasteiger partial charge in [-0.25, -0.2) is 4.98 Å². The Morgan fingerprint density at radius 1 is 1.06 bits per heavy atom. The molecule has 0 bridgehead atoms. The fourth-order valence-corrected chi connectivity index (χ4v) is 4.56. The summed E-state index contributed by atoms with van der Waals surface area (Å²) in [6.45, 7) is 0. The third-order valence-electron chi connectivity index (χ3n) is 4.94. The highest BCUT2D eigenvalue weighted by Crippen LogP contribution is 2.28. The number of rotatable bonds is 9. The molecular weight excluding hydrogens is 500 g/mol. The van der Waals surface area contributed by atoms with Crippen molar-refractivity contribution < 1.29 is 19.2 Å². The van der Waals surface area contributed by atoms with Crippen molar-refractivity contribution in [2.75, 3.05) is 23.5 Å². The highest BCUT2D eigenvalue weighted by Gasteiger charge is 2.12. The summed E-state index contributed by atoms with van der Waals surface area (Å²) in [6.07, 6.45) is 0. The molecule has 4 rings (SSSR count). The summed E-state index contributed by atoms with van der Waals surface area (Å²) >= 11 is 2.59. The molecule has 3 aromatic carbocycles. The van der Waals surface area contributed by atoms with Crippen molar-refractivity contribution in [1.82, 2.24) is 4.98 Å². The number of thiazole rings is 1. The summed E-state index contributed by atoms with van der Waals surface area (Å²) in [5.41, 5.74) is 2.30. The molecule has 2 N–H and O–H groups in total. The van der Waals surface area contributed by atoms with Crippen LogP contribution in [0.4, 0.5) is 16.5 Å². The average molecular weight is 521 g/mol. The molecule has 0 radical (unpaired) electrons. The number of anilines is 2. The first kappa shape index (κ1) is 24.9. The molecule has 36 heavy (non-hydrogen) atoms. The predicted octanol–water partition coefficient (Wildman–Crippen LogP) is 5.71. The molecule has 182 valence electrons. The second-order valence-corrected chi connectivity index (χ2v) is 9.30. The van der Waals surface area contributed by atoms with Gasteiger partial charge in [0.25, 0.3) is 11.6 Å². The van der Waals surface area contributed by atoms with Crippen LogP contribution in [0.15, 0.2) is 83.1 Å². The number of hydrogen-bond donors (Lipinski definition) is 2. The van der Waals surface area contributed by atoms with Crippen LogP contribution < -0.4 is 15.4 Å². The SMILES string of the molecule is COc1ccc(C(=O)Nc2ccc(SCC(=O)Nc3nc(-c4cccc([N+](=O)[O-])c4)cs3)cc2)cc1. The smallest absolute Gasteiger partial charge is 0.270 e. The van der Waals surface area contributed by atoms with E-state index in [-0.39, 0.29) is 23.3 Å². The zero-order valence-corrected chi connectivity index (χ0v) is 20.6. The van der Waals surface area contributed by atoms with E-state index in [9.17, 15) is 19.7 Å². The molecule has 11 heteroatoms. The first-order valence-electron chi connectivity index (χ1n) is 10.6. The Morgan fingerprint density at radius 3 is 2.50 bits per heavy atom. The van der Waals surface area contributed by atoms with E-state index in [4.69, 9.17) is 4.74 Å². The Kier molecular flexibility index (Phi) is 7.93. The van der Waals surface area contributed by atoms with E-state index in [0.29, 0.717) is 33.4 Å². The van der Waals surface area contributed by atoms with Gasteiger partial charge in [0, 0.05) is 39.2 Å². The number of carbonyl (C=O) groups excluding carboxylic acids is 2. The van der Waals surface area contributed by atoms with Crippen LogP contribution in [0.3, 0.4) is 0 Å². The van der Waals surface area contributed by atoms with Crippen molar-refractivity contribution in [1.29, 1.82) is 0 Å². The fraction of sp³-hybridized carbons (Fsp3) is 0.0800. The van der Waals surface area contributed by atoms with Gasteiger partial charge in [-0.15, -0.1) is 23.1 Å². The number of methoxy groups -OCH3 is 1. The first-order valence-corrected chi connectivity index (χ1v) is 12.5. The molecular formula is C25H20N4O5S2. The highest BCUT2D eigenvalue weighted by atomic mass is 32.2. The molecule has 4 aromatic rings. The van der Waals surface area contributed by atoms with E-state index in [1.54, 1.807) is 61.0 Å². The molecule has 2 amide bonds. The molecule has 1 aromatic heterocycles. The number of amides is 2. The van der Waals surface area contributed by atoms with Crippen molar-refractivity contribution in [3.63, 3.8) is 0 Å². The zero-order chi connectivity index (χ0) is 25.5. The van der Waals surface area contributed by atoms with Gasteiger partial charge in [0.15, 0.2) is 5.13 Å². The number of hydrogen-bond acceptors (Lipinski definition) is 8. The van der Waals surface area contributed by atoms with Crippen LogP contribution in [0, 0.1) is 10.1 Å². The van der Waals surface area contributed by atoms with Crippen LogP contribution in [0.2, 0.25) is 0 Å². The molecule has 0 atom stereocenters. The summed E-state index contributed by atoms with van der Waals surface area (Å²) in [6, 6.07) is 20.2. The minimum Gasteiger partial charge on any atom is -0.497 e. The van der Waals surface area contributed by atoms with Gasteiger partial charge in [-0.2, -0.15) is 0 Å². The second-order valence-electron chi connectivity index (χ2n) is 7.39. The third-order valence-corrected chi connectivity index (χ3v) is 6.71. The van der Waals surface area contributed by atoms with E-state index in [1.165, 1.54) is 35.2 Å². The summed E-state index contributed by atoms with van der Waals surface area (Å²) in [4.78, 5) is 40.5. The van der Waals surface area contributed by atoms with Crippen LogP contribution in [-0.4, -0.2) is 34.6 Å². The quantitative estimate of drug-likeness (QED) is 0.165. The Hall–Kier alpha value is -4.22. The maximum Gasteiger partial charge on any atom is 0.270 e. The van der Waals surface area contributed by atoms with Gasteiger partial charge in [0.2, 0.25) is 5.91 Å². The van der Waals surface area contributed by atoms with Crippen molar-refractivity contribution in [2.24, 2.45) is 0 Å². The molecule has 9 nitrogen and oxygen atoms in total. The first-order chi connectivity index (χ1) is 17.4. The topological polar surface area (TPSA) is 123 Å². The minimum atomic E-state index is -0.461. The van der Waals surface area contributed by atoms with Crippen molar-refractivity contribution in [3.8, 4) is 17.0 Å². The molecule has 0 unspecified atom stereocenters. The number of benzene rings is 3. The number of nitrogens with zero attached hydrogens (tertiary/aromatic N) is 2. The van der Waals surface area contributed by atoms with Gasteiger partial charge in [0.1, 0.15) is 5.75 Å². The Bertz CT molecular complexity index is 1390. The van der Waals surface area contributed by atoms with Crippen molar-refractivity contribution in [3.05, 3.63) is 93.9 Å². The van der Waals surface area contributed by atoms with E-state index >= 15 is 0 Å². The Labute approximate surface area is 214 Å². The van der Waals surface area contributed by atoms with Gasteiger partial charge < -0.3 is 15.4 Å². The van der Waals surface area contributed by atoms with Crippen LogP contribution in [0.5, 0.6) is 5.75 Å². The van der Waals surface area contributed by atoms with Gasteiger partial charge in [-0.1, -0.05) is 12.1 Å². The van der Waals surface area contributed by atoms with Crippen LogP contribution >= 0.6 is 23.1 Å². The standard InChI is InChI=1S/C25H20N4O5S2/c1-34-20-9-5-16(6-10-20)24(31)26-18-7-11-21(12-8-18)35-15-23(30)28-25-27-22(14-36-25)17-3-2-4-19(13-17)29(32)33/h2-14H,15H2,1H3,(H,26,31)(H,27,28,30). The maximum atomic E-state index is 12.4. The van der Waals surface area contributed by atoms with Crippen molar-refractivity contribution >= 4 is 51.4 Å². The molecule has 1 heterocycles. The largest absolute Gasteiger partial charge is 0.497 e. The van der Waals surface area contributed by atoms with Crippen LogP contribution in [0.1, 0.15) is 10.4 Å². The summed E-state index contributed by atoms with van der Waals surface area (Å²) < 4.78 is 5.10. The number of nitrogens with one attached hydrogen (secondary N) is 2. The molecule has 0 saturated heterocycles. The number of ether oxygens (including phenoxy) is 1. The van der Waals surface area contributed by atoms with Gasteiger partial charge in [0.05, 0.1) is 23.5 Å². The lowest BCUT2D eigenvalue weighted by Crippen LogP contribution is -2.13. The molecule has 0 spiro atoms. The van der Waals surface area contributed by atoms with Crippen molar-refractivity contribution in [2.45, 2.75) is 4.90 Å². The lowest BCUT2D eigenvalue weighted by Gasteiger charge is -2.07. The van der Waals surface area contributed by atoms with E-state index < -0.39 is 4.92 Å². The van der Waals surface area contributed by atoms with Crippen LogP contribution in [-0.2, 0) is 4.79 Å². The normalized spacial score (nSPS) is 10.5. The lowest BCUT2D eigenvalue weighted by molar-refractivity contribution is -0.384. The number of nitro groups is 1. The Morgan fingerprint density at radius 2 is 1.81 bits per heavy atom. The van der Waals surface area contributed by atoms with E-state index in [2.05, 4.69) is 15.6 Å². The summed E-state index contributed by atoms with van der Waals surface area (Å²) in [7, 11) is 1.57. The zero-order valence-electron chi connectivity index (χ0n) is 19.0. The second kappa shape index (κ2) is 11.5. The molecule has 0 aliphatic heterocycles. The molecule has 0 fully saturated rings. The Balaban J connectivity index is 1.27. The third kappa shape index (κ3) is 6.46. The average Bonchev–Trinajstić information content (AvgIpc) is 3.36. The number of thioether (sulfide) groups is 1. The number of carbonyl (C=O) groups is 2. The summed E-state index contributed by atoms with van der Waals surface area (Å²) in [5, 5.41) is 18.7. The molecule has 0 aliphatic carbocycles. The molecule has 0 saturated carbocycles. The molecule has 0 aliphatic rings. The number of nitro benzene ring substituents is 1. The number of non-ortho nitro benzene ring substituents is 1. The monoisotopic (exact) mass is 520 g/mol. The predicted molar refractivity (Wildman–Crippen MR) is 141 cm³/mol. The van der Waals surface area contributed by atoms with Gasteiger partial charge in [-0.3, -0.25) is 19.7 Å². The minimum absolute atomic E-state index is 0.0196. The summed E-state index contributed by atoms with van der Waals surface area (Å²) in [5.74, 6) is 0.389. The van der Waals surface area contributed by atoms with E-state index in [1.807, 2.05) is 12.1 Å². The van der Waals surface area contributed by atoms with Gasteiger partial charge >= 0.3 is 0 Å².